The number of aliphatic carboxylic acids is 1. The zero-order valence-electron chi connectivity index (χ0n) is 14.8. The van der Waals surface area contributed by atoms with Crippen molar-refractivity contribution in [2.45, 2.75) is 39.8 Å². The Bertz CT molecular complexity index is 842. The van der Waals surface area contributed by atoms with E-state index < -0.39 is 24.0 Å². The second-order valence-corrected chi connectivity index (χ2v) is 6.73. The van der Waals surface area contributed by atoms with Crippen molar-refractivity contribution in [2.75, 3.05) is 0 Å². The van der Waals surface area contributed by atoms with Gasteiger partial charge in [0.15, 0.2) is 0 Å². The number of rotatable bonds is 6. The SMILES string of the molecule is CC(C)[C@H](NC(=O)[C@H](C(C)C)n1cnc2ccccc2c1=O)C(=O)O. The first-order valence-electron chi connectivity index (χ1n) is 8.23. The molecule has 0 aliphatic heterocycles. The number of para-hydroxylation sites is 1. The van der Waals surface area contributed by atoms with E-state index in [2.05, 4.69) is 10.3 Å². The summed E-state index contributed by atoms with van der Waals surface area (Å²) in [7, 11) is 0. The van der Waals surface area contributed by atoms with Crippen molar-refractivity contribution in [2.24, 2.45) is 11.8 Å². The van der Waals surface area contributed by atoms with E-state index in [-0.39, 0.29) is 17.4 Å². The molecule has 0 saturated carbocycles. The molecule has 7 nitrogen and oxygen atoms in total. The molecule has 2 rings (SSSR count). The van der Waals surface area contributed by atoms with Gasteiger partial charge >= 0.3 is 5.97 Å². The predicted octanol–water partition coefficient (Wildman–Crippen LogP) is 1.82. The summed E-state index contributed by atoms with van der Waals surface area (Å²) in [5.41, 5.74) is 0.230. The van der Waals surface area contributed by atoms with Gasteiger partial charge in [0, 0.05) is 0 Å². The molecule has 134 valence electrons. The van der Waals surface area contributed by atoms with E-state index in [1.807, 2.05) is 0 Å². The summed E-state index contributed by atoms with van der Waals surface area (Å²) >= 11 is 0. The Balaban J connectivity index is 2.45. The lowest BCUT2D eigenvalue weighted by Crippen LogP contribution is -2.49. The number of nitrogens with zero attached hydrogens (tertiary/aromatic N) is 2. The number of nitrogens with one attached hydrogen (secondary N) is 1. The minimum Gasteiger partial charge on any atom is -0.480 e. The summed E-state index contributed by atoms with van der Waals surface area (Å²) in [6, 6.07) is 5.05. The summed E-state index contributed by atoms with van der Waals surface area (Å²) < 4.78 is 1.28. The minimum atomic E-state index is -1.10. The molecule has 0 aliphatic carbocycles. The number of fused-ring (bicyclic) bond motifs is 1. The summed E-state index contributed by atoms with van der Waals surface area (Å²) in [5.74, 6) is -2.10. The lowest BCUT2D eigenvalue weighted by atomic mass is 10.00. The Morgan fingerprint density at radius 3 is 2.32 bits per heavy atom. The number of hydrogen-bond acceptors (Lipinski definition) is 4. The lowest BCUT2D eigenvalue weighted by Gasteiger charge is -2.26. The van der Waals surface area contributed by atoms with Crippen LogP contribution in [0.5, 0.6) is 0 Å². The van der Waals surface area contributed by atoms with E-state index >= 15 is 0 Å². The fourth-order valence-corrected chi connectivity index (χ4v) is 2.78. The zero-order valence-corrected chi connectivity index (χ0v) is 14.8. The van der Waals surface area contributed by atoms with E-state index in [0.717, 1.165) is 0 Å². The topological polar surface area (TPSA) is 101 Å². The van der Waals surface area contributed by atoms with Gasteiger partial charge in [-0.1, -0.05) is 39.8 Å². The molecule has 2 aromatic rings. The van der Waals surface area contributed by atoms with Crippen LogP contribution in [0.1, 0.15) is 33.7 Å². The summed E-state index contributed by atoms with van der Waals surface area (Å²) in [4.78, 5) is 41.1. The molecule has 1 aromatic heterocycles. The van der Waals surface area contributed by atoms with Gasteiger partial charge in [-0.15, -0.1) is 0 Å². The third-order valence-corrected chi connectivity index (χ3v) is 4.12. The normalized spacial score (nSPS) is 13.8. The van der Waals surface area contributed by atoms with Crippen LogP contribution >= 0.6 is 0 Å². The molecule has 0 fully saturated rings. The molecule has 1 aromatic carbocycles. The van der Waals surface area contributed by atoms with Gasteiger partial charge in [0.25, 0.3) is 5.56 Å². The first kappa shape index (κ1) is 18.6. The molecule has 1 heterocycles. The molecular formula is C18H23N3O4. The Morgan fingerprint density at radius 1 is 1.12 bits per heavy atom. The number of hydrogen-bond donors (Lipinski definition) is 2. The zero-order chi connectivity index (χ0) is 18.7. The first-order valence-corrected chi connectivity index (χ1v) is 8.23. The molecule has 1 amide bonds. The van der Waals surface area contributed by atoms with Crippen LogP contribution in [0.25, 0.3) is 10.9 Å². The van der Waals surface area contributed by atoms with E-state index in [4.69, 9.17) is 0 Å². The maximum atomic E-state index is 12.8. The van der Waals surface area contributed by atoms with Crippen LogP contribution < -0.4 is 10.9 Å². The van der Waals surface area contributed by atoms with Gasteiger partial charge in [0.2, 0.25) is 5.91 Å². The summed E-state index contributed by atoms with van der Waals surface area (Å²) in [5, 5.41) is 12.2. The molecule has 0 unspecified atom stereocenters. The van der Waals surface area contributed by atoms with Crippen LogP contribution in [0.3, 0.4) is 0 Å². The molecule has 0 aliphatic rings. The highest BCUT2D eigenvalue weighted by molar-refractivity contribution is 5.86. The number of carbonyl (C=O) groups excluding carboxylic acids is 1. The van der Waals surface area contributed by atoms with Gasteiger partial charge in [-0.05, 0) is 24.0 Å². The van der Waals surface area contributed by atoms with Crippen LogP contribution in [0.15, 0.2) is 35.4 Å². The van der Waals surface area contributed by atoms with Crippen molar-refractivity contribution in [3.8, 4) is 0 Å². The minimum absolute atomic E-state index is 0.220. The van der Waals surface area contributed by atoms with E-state index in [1.165, 1.54) is 10.9 Å². The van der Waals surface area contributed by atoms with Crippen LogP contribution in [-0.4, -0.2) is 32.6 Å². The molecule has 0 spiro atoms. The molecule has 2 atom stereocenters. The molecule has 25 heavy (non-hydrogen) atoms. The number of benzene rings is 1. The number of carboxylic acid groups (broad SMARTS) is 1. The Kier molecular flexibility index (Phi) is 5.56. The Morgan fingerprint density at radius 2 is 1.76 bits per heavy atom. The monoisotopic (exact) mass is 345 g/mol. The maximum absolute atomic E-state index is 12.8. The second-order valence-electron chi connectivity index (χ2n) is 6.73. The highest BCUT2D eigenvalue weighted by atomic mass is 16.4. The summed E-state index contributed by atoms with van der Waals surface area (Å²) in [6.45, 7) is 7.04. The van der Waals surface area contributed by atoms with Crippen LogP contribution in [0.4, 0.5) is 0 Å². The molecular weight excluding hydrogens is 322 g/mol. The smallest absolute Gasteiger partial charge is 0.326 e. The molecule has 0 saturated heterocycles. The molecule has 0 radical (unpaired) electrons. The lowest BCUT2D eigenvalue weighted by molar-refractivity contribution is -0.143. The van der Waals surface area contributed by atoms with E-state index in [9.17, 15) is 19.5 Å². The van der Waals surface area contributed by atoms with Gasteiger partial charge in [-0.25, -0.2) is 9.78 Å². The molecule has 2 N–H and O–H groups in total. The largest absolute Gasteiger partial charge is 0.480 e. The highest BCUT2D eigenvalue weighted by Gasteiger charge is 2.31. The third-order valence-electron chi connectivity index (χ3n) is 4.12. The van der Waals surface area contributed by atoms with Gasteiger partial charge in [0.1, 0.15) is 12.1 Å². The van der Waals surface area contributed by atoms with Gasteiger partial charge in [0.05, 0.1) is 17.2 Å². The van der Waals surface area contributed by atoms with Crippen LogP contribution in [-0.2, 0) is 9.59 Å². The van der Waals surface area contributed by atoms with Crippen molar-refractivity contribution in [1.29, 1.82) is 0 Å². The van der Waals surface area contributed by atoms with Crippen LogP contribution in [0.2, 0.25) is 0 Å². The summed E-state index contributed by atoms with van der Waals surface area (Å²) in [6.07, 6.45) is 1.35. The number of carbonyl (C=O) groups is 2. The maximum Gasteiger partial charge on any atom is 0.326 e. The highest BCUT2D eigenvalue weighted by Crippen LogP contribution is 2.18. The number of amides is 1. The van der Waals surface area contributed by atoms with Gasteiger partial charge < -0.3 is 10.4 Å². The fourth-order valence-electron chi connectivity index (χ4n) is 2.78. The standard InChI is InChI=1S/C18H23N3O4/c1-10(2)14(18(24)25)20-16(22)15(11(3)4)21-9-19-13-8-6-5-7-12(13)17(21)23/h5-11,14-15H,1-4H3,(H,20,22)(H,24,25)/t14-,15-/m0/s1. The average molecular weight is 345 g/mol. The van der Waals surface area contributed by atoms with E-state index in [1.54, 1.807) is 52.0 Å². The molecule has 7 heteroatoms. The van der Waals surface area contributed by atoms with Crippen molar-refractivity contribution in [1.82, 2.24) is 14.9 Å². The second kappa shape index (κ2) is 7.46. The van der Waals surface area contributed by atoms with Crippen molar-refractivity contribution in [3.05, 3.63) is 40.9 Å². The van der Waals surface area contributed by atoms with Crippen molar-refractivity contribution >= 4 is 22.8 Å². The van der Waals surface area contributed by atoms with E-state index in [0.29, 0.717) is 10.9 Å². The fraction of sp³-hybridized carbons (Fsp3) is 0.444. The number of carboxylic acids is 1. The van der Waals surface area contributed by atoms with Crippen molar-refractivity contribution in [3.63, 3.8) is 0 Å². The van der Waals surface area contributed by atoms with Gasteiger partial charge in [-0.3, -0.25) is 14.2 Å². The quantitative estimate of drug-likeness (QED) is 0.831. The Hall–Kier alpha value is -2.70. The first-order chi connectivity index (χ1) is 11.7. The Labute approximate surface area is 145 Å². The third kappa shape index (κ3) is 3.87. The van der Waals surface area contributed by atoms with Crippen molar-refractivity contribution < 1.29 is 14.7 Å². The average Bonchev–Trinajstić information content (AvgIpc) is 2.54. The van der Waals surface area contributed by atoms with Gasteiger partial charge in [-0.2, -0.15) is 0 Å². The predicted molar refractivity (Wildman–Crippen MR) is 94.3 cm³/mol. The van der Waals surface area contributed by atoms with Crippen LogP contribution in [0, 0.1) is 11.8 Å². The molecule has 0 bridgehead atoms. The number of aromatic nitrogens is 2.